The summed E-state index contributed by atoms with van der Waals surface area (Å²) in [6.07, 6.45) is -4.39. The third-order valence-electron chi connectivity index (χ3n) is 5.02. The molecule has 0 spiro atoms. The van der Waals surface area contributed by atoms with Gasteiger partial charge in [-0.3, -0.25) is 19.8 Å². The number of carbonyl (C=O) groups excluding carboxylic acids is 1. The van der Waals surface area contributed by atoms with Gasteiger partial charge in [0.1, 0.15) is 0 Å². The molecule has 10 heteroatoms. The molecule has 2 aromatic rings. The zero-order valence-electron chi connectivity index (χ0n) is 16.9. The second-order valence-electron chi connectivity index (χ2n) is 7.14. The molecule has 1 fully saturated rings. The van der Waals surface area contributed by atoms with Crippen molar-refractivity contribution in [3.63, 3.8) is 0 Å². The third kappa shape index (κ3) is 5.52. The number of carbonyl (C=O) groups is 1. The molecular weight excluding hydrogens is 415 g/mol. The first kappa shape index (κ1) is 22.5. The molecule has 0 radical (unpaired) electrons. The number of amides is 1. The molecule has 0 bridgehead atoms. The van der Waals surface area contributed by atoms with Gasteiger partial charge >= 0.3 is 11.9 Å². The van der Waals surface area contributed by atoms with E-state index in [0.29, 0.717) is 38.3 Å². The van der Waals surface area contributed by atoms with E-state index < -0.39 is 16.7 Å². The van der Waals surface area contributed by atoms with Gasteiger partial charge in [-0.05, 0) is 30.7 Å². The molecule has 7 nitrogen and oxygen atoms in total. The number of nitro benzene ring substituents is 1. The van der Waals surface area contributed by atoms with Crippen LogP contribution in [0.25, 0.3) is 0 Å². The summed E-state index contributed by atoms with van der Waals surface area (Å²) in [7, 11) is 0. The number of ether oxygens (including phenoxy) is 1. The molecular formula is C21H22F3N3O4. The van der Waals surface area contributed by atoms with Gasteiger partial charge in [0.15, 0.2) is 5.75 Å². The van der Waals surface area contributed by atoms with Crippen LogP contribution in [0.15, 0.2) is 42.5 Å². The molecule has 0 atom stereocenters. The number of alkyl halides is 3. The number of nitrogens with zero attached hydrogens (tertiary/aromatic N) is 3. The van der Waals surface area contributed by atoms with Crippen LogP contribution < -0.4 is 4.74 Å². The highest BCUT2D eigenvalue weighted by Gasteiger charge is 2.31. The number of piperazine rings is 1. The van der Waals surface area contributed by atoms with Crippen molar-refractivity contribution in [3.8, 4) is 5.75 Å². The molecule has 0 N–H and O–H groups in total. The lowest BCUT2D eigenvalue weighted by Crippen LogP contribution is -2.48. The summed E-state index contributed by atoms with van der Waals surface area (Å²) in [5.74, 6) is -0.222. The highest BCUT2D eigenvalue weighted by atomic mass is 19.4. The second kappa shape index (κ2) is 9.34. The van der Waals surface area contributed by atoms with Crippen LogP contribution in [0.5, 0.6) is 5.75 Å². The van der Waals surface area contributed by atoms with Crippen LogP contribution in [0.2, 0.25) is 0 Å². The van der Waals surface area contributed by atoms with Crippen LogP contribution in [0.3, 0.4) is 0 Å². The van der Waals surface area contributed by atoms with Gasteiger partial charge < -0.3 is 9.64 Å². The van der Waals surface area contributed by atoms with Crippen molar-refractivity contribution in [2.45, 2.75) is 19.6 Å². The van der Waals surface area contributed by atoms with Crippen molar-refractivity contribution in [2.24, 2.45) is 0 Å². The van der Waals surface area contributed by atoms with E-state index in [-0.39, 0.29) is 29.5 Å². The predicted molar refractivity (Wildman–Crippen MR) is 107 cm³/mol. The summed E-state index contributed by atoms with van der Waals surface area (Å²) >= 11 is 0. The third-order valence-corrected chi connectivity index (χ3v) is 5.02. The van der Waals surface area contributed by atoms with E-state index in [1.165, 1.54) is 24.3 Å². The van der Waals surface area contributed by atoms with Gasteiger partial charge in [-0.2, -0.15) is 13.2 Å². The Morgan fingerprint density at radius 1 is 1.13 bits per heavy atom. The van der Waals surface area contributed by atoms with Gasteiger partial charge in [0, 0.05) is 44.4 Å². The Hall–Kier alpha value is -3.14. The summed E-state index contributed by atoms with van der Waals surface area (Å²) in [6.45, 7) is 4.05. The number of hydrogen-bond acceptors (Lipinski definition) is 5. The average Bonchev–Trinajstić information content (AvgIpc) is 2.74. The molecule has 0 aliphatic carbocycles. The standard InChI is InChI=1S/C21H22F3N3O4/c1-2-31-19-7-6-16(13-18(19)27(29)30)20(28)26-10-8-25(9-11-26)14-15-4-3-5-17(12-15)21(22,23)24/h3-7,12-13H,2,8-11,14H2,1H3. The molecule has 1 amide bonds. The summed E-state index contributed by atoms with van der Waals surface area (Å²) in [5.41, 5.74) is -0.204. The Kier molecular flexibility index (Phi) is 6.79. The SMILES string of the molecule is CCOc1ccc(C(=O)N2CCN(Cc3cccc(C(F)(F)F)c3)CC2)cc1[N+](=O)[O-]. The molecule has 0 aromatic heterocycles. The molecule has 166 valence electrons. The largest absolute Gasteiger partial charge is 0.487 e. The second-order valence-corrected chi connectivity index (χ2v) is 7.14. The minimum Gasteiger partial charge on any atom is -0.487 e. The summed E-state index contributed by atoms with van der Waals surface area (Å²) < 4.78 is 43.9. The topological polar surface area (TPSA) is 75.9 Å². The van der Waals surface area contributed by atoms with Crippen molar-refractivity contribution in [1.82, 2.24) is 9.80 Å². The molecule has 0 saturated carbocycles. The fourth-order valence-corrected chi connectivity index (χ4v) is 3.47. The summed E-state index contributed by atoms with van der Waals surface area (Å²) in [5, 5.41) is 11.3. The van der Waals surface area contributed by atoms with Crippen molar-refractivity contribution in [1.29, 1.82) is 0 Å². The van der Waals surface area contributed by atoms with Crippen LogP contribution in [0, 0.1) is 10.1 Å². The summed E-state index contributed by atoms with van der Waals surface area (Å²) in [6, 6.07) is 9.33. The highest BCUT2D eigenvalue weighted by molar-refractivity contribution is 5.95. The van der Waals surface area contributed by atoms with Gasteiger partial charge in [-0.1, -0.05) is 18.2 Å². The minimum absolute atomic E-state index is 0.106. The lowest BCUT2D eigenvalue weighted by Gasteiger charge is -2.34. The molecule has 0 unspecified atom stereocenters. The Balaban J connectivity index is 1.63. The number of benzene rings is 2. The maximum Gasteiger partial charge on any atom is 0.416 e. The van der Waals surface area contributed by atoms with E-state index in [4.69, 9.17) is 4.74 Å². The molecule has 31 heavy (non-hydrogen) atoms. The highest BCUT2D eigenvalue weighted by Crippen LogP contribution is 2.30. The normalized spacial score (nSPS) is 15.0. The Labute approximate surface area is 177 Å². The van der Waals surface area contributed by atoms with Gasteiger partial charge in [0.2, 0.25) is 0 Å². The molecule has 2 aromatic carbocycles. The number of rotatable bonds is 6. The van der Waals surface area contributed by atoms with E-state index in [1.54, 1.807) is 17.9 Å². The van der Waals surface area contributed by atoms with Crippen LogP contribution in [-0.2, 0) is 12.7 Å². The van der Waals surface area contributed by atoms with Crippen LogP contribution in [0.4, 0.5) is 18.9 Å². The van der Waals surface area contributed by atoms with E-state index >= 15 is 0 Å². The minimum atomic E-state index is -4.39. The Morgan fingerprint density at radius 3 is 2.45 bits per heavy atom. The zero-order valence-corrected chi connectivity index (χ0v) is 16.9. The van der Waals surface area contributed by atoms with E-state index in [2.05, 4.69) is 0 Å². The predicted octanol–water partition coefficient (Wildman–Crippen LogP) is 3.97. The Morgan fingerprint density at radius 2 is 1.84 bits per heavy atom. The van der Waals surface area contributed by atoms with Crippen molar-refractivity contribution in [2.75, 3.05) is 32.8 Å². The first-order valence-corrected chi connectivity index (χ1v) is 9.78. The van der Waals surface area contributed by atoms with Gasteiger partial charge in [-0.15, -0.1) is 0 Å². The van der Waals surface area contributed by atoms with Crippen molar-refractivity contribution < 1.29 is 27.6 Å². The fourth-order valence-electron chi connectivity index (χ4n) is 3.47. The lowest BCUT2D eigenvalue weighted by molar-refractivity contribution is -0.385. The van der Waals surface area contributed by atoms with E-state index in [9.17, 15) is 28.1 Å². The summed E-state index contributed by atoms with van der Waals surface area (Å²) in [4.78, 5) is 27.0. The number of hydrogen-bond donors (Lipinski definition) is 0. The van der Waals surface area contributed by atoms with Crippen LogP contribution in [-0.4, -0.2) is 53.4 Å². The Bertz CT molecular complexity index is 957. The molecule has 3 rings (SSSR count). The molecule has 1 aliphatic heterocycles. The van der Waals surface area contributed by atoms with Gasteiger partial charge in [-0.25, -0.2) is 0 Å². The maximum atomic E-state index is 12.9. The van der Waals surface area contributed by atoms with E-state index in [0.717, 1.165) is 12.1 Å². The first-order chi connectivity index (χ1) is 14.7. The maximum absolute atomic E-state index is 12.9. The van der Waals surface area contributed by atoms with Gasteiger partial charge in [0.05, 0.1) is 17.1 Å². The molecule has 1 heterocycles. The zero-order chi connectivity index (χ0) is 22.6. The van der Waals surface area contributed by atoms with Crippen LogP contribution in [0.1, 0.15) is 28.4 Å². The van der Waals surface area contributed by atoms with Crippen molar-refractivity contribution >= 4 is 11.6 Å². The monoisotopic (exact) mass is 437 g/mol. The number of nitro groups is 1. The molecule has 1 aliphatic rings. The van der Waals surface area contributed by atoms with Crippen LogP contribution >= 0.6 is 0 Å². The molecule has 1 saturated heterocycles. The van der Waals surface area contributed by atoms with Crippen molar-refractivity contribution in [3.05, 3.63) is 69.3 Å². The number of halogens is 3. The first-order valence-electron chi connectivity index (χ1n) is 9.78. The van der Waals surface area contributed by atoms with E-state index in [1.807, 2.05) is 4.90 Å². The lowest BCUT2D eigenvalue weighted by atomic mass is 10.1. The van der Waals surface area contributed by atoms with Gasteiger partial charge in [0.25, 0.3) is 5.91 Å². The fraction of sp³-hybridized carbons (Fsp3) is 0.381. The smallest absolute Gasteiger partial charge is 0.416 e. The average molecular weight is 437 g/mol. The quantitative estimate of drug-likeness (QED) is 0.505.